The van der Waals surface area contributed by atoms with Crippen LogP contribution in [-0.2, 0) is 0 Å². The van der Waals surface area contributed by atoms with Crippen LogP contribution in [0.2, 0.25) is 5.02 Å². The number of carbonyl (C=O) groups is 3. The van der Waals surface area contributed by atoms with Gasteiger partial charge in [0.05, 0.1) is 7.11 Å². The van der Waals surface area contributed by atoms with Crippen molar-refractivity contribution in [2.45, 2.75) is 0 Å². The molecule has 8 heteroatoms. The number of anilines is 1. The Hall–Kier alpha value is -3.84. The minimum absolute atomic E-state index is 0.263. The van der Waals surface area contributed by atoms with Gasteiger partial charge < -0.3 is 10.1 Å². The molecule has 0 fully saturated rings. The second-order valence-electron chi connectivity index (χ2n) is 6.18. The molecule has 30 heavy (non-hydrogen) atoms. The molecule has 3 rings (SSSR count). The Morgan fingerprint density at radius 3 is 1.93 bits per heavy atom. The van der Waals surface area contributed by atoms with Gasteiger partial charge in [-0.3, -0.25) is 25.2 Å². The third-order valence-corrected chi connectivity index (χ3v) is 4.38. The van der Waals surface area contributed by atoms with E-state index in [0.29, 0.717) is 27.6 Å². The molecule has 0 bridgehead atoms. The maximum atomic E-state index is 12.4. The highest BCUT2D eigenvalue weighted by molar-refractivity contribution is 6.30. The maximum absolute atomic E-state index is 12.4. The summed E-state index contributed by atoms with van der Waals surface area (Å²) >= 11 is 5.83. The van der Waals surface area contributed by atoms with E-state index in [0.717, 1.165) is 0 Å². The molecular formula is C22H18ClN3O4. The third-order valence-electron chi connectivity index (χ3n) is 4.13. The predicted molar refractivity (Wildman–Crippen MR) is 114 cm³/mol. The summed E-state index contributed by atoms with van der Waals surface area (Å²) in [5.41, 5.74) is 6.18. The molecule has 0 saturated heterocycles. The standard InChI is InChI=1S/C22H18ClN3O4/c1-30-19-11-7-15(8-12-19)21(28)25-26-22(29)16-3-2-4-18(13-16)24-20(27)14-5-9-17(23)10-6-14/h2-13H,1H3,(H,24,27)(H,25,28)(H,26,29). The quantitative estimate of drug-likeness (QED) is 0.545. The highest BCUT2D eigenvalue weighted by atomic mass is 35.5. The number of hydrogen-bond donors (Lipinski definition) is 3. The minimum atomic E-state index is -0.528. The predicted octanol–water partition coefficient (Wildman–Crippen LogP) is 3.68. The molecule has 0 spiro atoms. The molecule has 0 aliphatic carbocycles. The second-order valence-corrected chi connectivity index (χ2v) is 6.62. The van der Waals surface area contributed by atoms with Crippen molar-refractivity contribution < 1.29 is 19.1 Å². The summed E-state index contributed by atoms with van der Waals surface area (Å²) in [7, 11) is 1.53. The van der Waals surface area contributed by atoms with Gasteiger partial charge in [-0.1, -0.05) is 17.7 Å². The van der Waals surface area contributed by atoms with Gasteiger partial charge in [0.25, 0.3) is 17.7 Å². The van der Waals surface area contributed by atoms with Crippen LogP contribution in [0.4, 0.5) is 5.69 Å². The molecular weight excluding hydrogens is 406 g/mol. The zero-order valence-corrected chi connectivity index (χ0v) is 16.7. The van der Waals surface area contributed by atoms with Crippen LogP contribution >= 0.6 is 11.6 Å². The first-order valence-electron chi connectivity index (χ1n) is 8.88. The molecule has 3 aromatic rings. The molecule has 0 unspecified atom stereocenters. The first-order chi connectivity index (χ1) is 14.5. The van der Waals surface area contributed by atoms with Crippen molar-refractivity contribution in [1.82, 2.24) is 10.9 Å². The van der Waals surface area contributed by atoms with Crippen LogP contribution in [0.5, 0.6) is 5.75 Å². The molecule has 3 aromatic carbocycles. The number of methoxy groups -OCH3 is 1. The summed E-state index contributed by atoms with van der Waals surface area (Å²) in [6.07, 6.45) is 0. The van der Waals surface area contributed by atoms with E-state index in [2.05, 4.69) is 16.2 Å². The largest absolute Gasteiger partial charge is 0.497 e. The van der Waals surface area contributed by atoms with E-state index in [9.17, 15) is 14.4 Å². The van der Waals surface area contributed by atoms with Gasteiger partial charge in [0.2, 0.25) is 0 Å². The number of halogens is 1. The van der Waals surface area contributed by atoms with Gasteiger partial charge in [0.15, 0.2) is 0 Å². The van der Waals surface area contributed by atoms with E-state index in [1.807, 2.05) is 0 Å². The van der Waals surface area contributed by atoms with Crippen molar-refractivity contribution in [2.24, 2.45) is 0 Å². The summed E-state index contributed by atoms with van der Waals surface area (Å²) in [4.78, 5) is 36.8. The highest BCUT2D eigenvalue weighted by Crippen LogP contribution is 2.15. The average Bonchev–Trinajstić information content (AvgIpc) is 2.78. The van der Waals surface area contributed by atoms with Crippen molar-refractivity contribution in [1.29, 1.82) is 0 Å². The van der Waals surface area contributed by atoms with Gasteiger partial charge in [0.1, 0.15) is 5.75 Å². The number of hydrogen-bond acceptors (Lipinski definition) is 4. The smallest absolute Gasteiger partial charge is 0.269 e. The normalized spacial score (nSPS) is 10.1. The number of carbonyl (C=O) groups excluding carboxylic acids is 3. The summed E-state index contributed by atoms with van der Waals surface area (Å²) in [5.74, 6) is -0.720. The Morgan fingerprint density at radius 1 is 0.733 bits per heavy atom. The Kier molecular flexibility index (Phi) is 6.67. The molecule has 0 aromatic heterocycles. The number of hydrazine groups is 1. The molecule has 0 aliphatic rings. The van der Waals surface area contributed by atoms with Crippen LogP contribution in [0, 0.1) is 0 Å². The fourth-order valence-electron chi connectivity index (χ4n) is 2.54. The lowest BCUT2D eigenvalue weighted by atomic mass is 10.1. The fourth-order valence-corrected chi connectivity index (χ4v) is 2.67. The zero-order valence-electron chi connectivity index (χ0n) is 15.9. The number of ether oxygens (including phenoxy) is 1. The highest BCUT2D eigenvalue weighted by Gasteiger charge is 2.11. The summed E-state index contributed by atoms with van der Waals surface area (Å²) < 4.78 is 5.04. The van der Waals surface area contributed by atoms with Gasteiger partial charge in [-0.25, -0.2) is 0 Å². The second kappa shape index (κ2) is 9.58. The monoisotopic (exact) mass is 423 g/mol. The number of nitrogens with one attached hydrogen (secondary N) is 3. The van der Waals surface area contributed by atoms with E-state index < -0.39 is 11.8 Å². The van der Waals surface area contributed by atoms with Crippen LogP contribution < -0.4 is 20.9 Å². The number of amides is 3. The first kappa shape index (κ1) is 20.9. The van der Waals surface area contributed by atoms with Crippen LogP contribution in [0.1, 0.15) is 31.1 Å². The van der Waals surface area contributed by atoms with Gasteiger partial charge in [-0.2, -0.15) is 0 Å². The molecule has 3 amide bonds. The molecule has 3 N–H and O–H groups in total. The van der Waals surface area contributed by atoms with Crippen LogP contribution in [0.3, 0.4) is 0 Å². The van der Waals surface area contributed by atoms with Crippen molar-refractivity contribution >= 4 is 35.0 Å². The minimum Gasteiger partial charge on any atom is -0.497 e. The van der Waals surface area contributed by atoms with E-state index >= 15 is 0 Å². The summed E-state index contributed by atoms with van der Waals surface area (Å²) in [6.45, 7) is 0. The molecule has 0 saturated carbocycles. The molecule has 152 valence electrons. The van der Waals surface area contributed by atoms with Gasteiger partial charge in [-0.15, -0.1) is 0 Å². The maximum Gasteiger partial charge on any atom is 0.269 e. The number of benzene rings is 3. The molecule has 0 heterocycles. The molecule has 0 radical (unpaired) electrons. The Labute approximate surface area is 178 Å². The topological polar surface area (TPSA) is 96.5 Å². The van der Waals surface area contributed by atoms with E-state index in [4.69, 9.17) is 16.3 Å². The summed E-state index contributed by atoms with van der Waals surface area (Å²) in [5, 5.41) is 3.24. The lowest BCUT2D eigenvalue weighted by molar-refractivity contribution is 0.0846. The van der Waals surface area contributed by atoms with Crippen LogP contribution in [0.15, 0.2) is 72.8 Å². The summed E-state index contributed by atoms with van der Waals surface area (Å²) in [6, 6.07) is 19.2. The zero-order chi connectivity index (χ0) is 21.5. The molecule has 7 nitrogen and oxygen atoms in total. The fraction of sp³-hybridized carbons (Fsp3) is 0.0455. The van der Waals surface area contributed by atoms with Crippen molar-refractivity contribution in [3.63, 3.8) is 0 Å². The number of rotatable bonds is 5. The molecule has 0 atom stereocenters. The van der Waals surface area contributed by atoms with Crippen LogP contribution in [0.25, 0.3) is 0 Å². The SMILES string of the molecule is COc1ccc(C(=O)NNC(=O)c2cccc(NC(=O)c3ccc(Cl)cc3)c2)cc1. The van der Waals surface area contributed by atoms with Gasteiger partial charge >= 0.3 is 0 Å². The van der Waals surface area contributed by atoms with E-state index in [-0.39, 0.29) is 11.5 Å². The van der Waals surface area contributed by atoms with Gasteiger partial charge in [0, 0.05) is 27.4 Å². The Balaban J connectivity index is 1.60. The van der Waals surface area contributed by atoms with Crippen LogP contribution in [-0.4, -0.2) is 24.8 Å². The molecule has 0 aliphatic heterocycles. The van der Waals surface area contributed by atoms with E-state index in [1.54, 1.807) is 66.7 Å². The van der Waals surface area contributed by atoms with Crippen molar-refractivity contribution in [3.05, 3.63) is 94.5 Å². The van der Waals surface area contributed by atoms with E-state index in [1.165, 1.54) is 13.2 Å². The lowest BCUT2D eigenvalue weighted by Gasteiger charge is -2.10. The third kappa shape index (κ3) is 5.36. The van der Waals surface area contributed by atoms with Gasteiger partial charge in [-0.05, 0) is 66.7 Å². The lowest BCUT2D eigenvalue weighted by Crippen LogP contribution is -2.41. The Morgan fingerprint density at radius 2 is 1.30 bits per heavy atom. The first-order valence-corrected chi connectivity index (χ1v) is 9.26. The van der Waals surface area contributed by atoms with Crippen molar-refractivity contribution in [3.8, 4) is 5.75 Å². The average molecular weight is 424 g/mol. The Bertz CT molecular complexity index is 1070. The van der Waals surface area contributed by atoms with Crippen molar-refractivity contribution in [2.75, 3.05) is 12.4 Å².